The van der Waals surface area contributed by atoms with E-state index < -0.39 is 5.54 Å². The molecular weight excluding hydrogens is 218 g/mol. The topological polar surface area (TPSA) is 87.7 Å². The fourth-order valence-corrected chi connectivity index (χ4v) is 2.38. The number of nitrogens with two attached hydrogens (primary N) is 1. The molecule has 1 rings (SSSR count). The van der Waals surface area contributed by atoms with Crippen molar-refractivity contribution in [3.63, 3.8) is 0 Å². The Balaban J connectivity index is 2.73. The van der Waals surface area contributed by atoms with Crippen molar-refractivity contribution in [2.45, 2.75) is 57.9 Å². The van der Waals surface area contributed by atoms with Gasteiger partial charge in [-0.2, -0.15) is 0 Å². The number of carbonyl (C=O) groups excluding carboxylic acids is 1. The van der Waals surface area contributed by atoms with E-state index in [1.54, 1.807) is 0 Å². The average Bonchev–Trinajstić information content (AvgIpc) is 2.27. The molecule has 0 spiro atoms. The van der Waals surface area contributed by atoms with Gasteiger partial charge in [0, 0.05) is 6.42 Å². The molecule has 0 aliphatic heterocycles. The number of carbonyl (C=O) groups is 1. The summed E-state index contributed by atoms with van der Waals surface area (Å²) in [6, 6.07) is 0. The Hall–Kier alpha value is -1.26. The number of oxime groups is 1. The Bertz CT molecular complexity index is 294. The quantitative estimate of drug-likeness (QED) is 0.302. The van der Waals surface area contributed by atoms with Crippen LogP contribution in [-0.4, -0.2) is 22.5 Å². The Labute approximate surface area is 102 Å². The molecule has 0 unspecified atom stereocenters. The van der Waals surface area contributed by atoms with Gasteiger partial charge >= 0.3 is 0 Å². The molecule has 0 aromatic carbocycles. The van der Waals surface area contributed by atoms with Crippen LogP contribution in [0.4, 0.5) is 0 Å². The lowest BCUT2D eigenvalue weighted by Gasteiger charge is -2.37. The van der Waals surface area contributed by atoms with E-state index in [-0.39, 0.29) is 11.7 Å². The van der Waals surface area contributed by atoms with Gasteiger partial charge in [-0.1, -0.05) is 38.3 Å². The molecule has 5 heteroatoms. The Morgan fingerprint density at radius 1 is 1.41 bits per heavy atom. The van der Waals surface area contributed by atoms with Gasteiger partial charge in [-0.15, -0.1) is 0 Å². The number of rotatable bonds is 4. The van der Waals surface area contributed by atoms with Gasteiger partial charge in [0.05, 0.1) is 0 Å². The fraction of sp³-hybridized carbons (Fsp3) is 0.833. The monoisotopic (exact) mass is 241 g/mol. The van der Waals surface area contributed by atoms with Crippen molar-refractivity contribution in [2.24, 2.45) is 16.8 Å². The van der Waals surface area contributed by atoms with Crippen LogP contribution in [-0.2, 0) is 4.79 Å². The van der Waals surface area contributed by atoms with Crippen molar-refractivity contribution >= 4 is 11.7 Å². The van der Waals surface area contributed by atoms with E-state index in [0.29, 0.717) is 12.3 Å². The van der Waals surface area contributed by atoms with Gasteiger partial charge in [0.2, 0.25) is 5.91 Å². The first-order chi connectivity index (χ1) is 8.00. The zero-order valence-electron chi connectivity index (χ0n) is 10.7. The summed E-state index contributed by atoms with van der Waals surface area (Å²) in [6.45, 7) is 3.99. The molecule has 0 aromatic rings. The molecule has 0 aromatic heterocycles. The lowest BCUT2D eigenvalue weighted by atomic mass is 9.80. The summed E-state index contributed by atoms with van der Waals surface area (Å²) in [6.07, 6.45) is 5.12. The van der Waals surface area contributed by atoms with E-state index in [1.807, 2.05) is 13.8 Å². The molecule has 0 radical (unpaired) electrons. The molecule has 0 atom stereocenters. The Kier molecular flexibility index (Phi) is 4.78. The summed E-state index contributed by atoms with van der Waals surface area (Å²) in [5, 5.41) is 14.9. The van der Waals surface area contributed by atoms with Gasteiger partial charge in [0.15, 0.2) is 5.84 Å². The lowest BCUT2D eigenvalue weighted by molar-refractivity contribution is -0.123. The zero-order valence-corrected chi connectivity index (χ0v) is 10.7. The molecular formula is C12H23N3O2. The molecule has 0 heterocycles. The maximum absolute atomic E-state index is 11.8. The molecule has 98 valence electrons. The van der Waals surface area contributed by atoms with Crippen LogP contribution >= 0.6 is 0 Å². The molecule has 4 N–H and O–H groups in total. The molecule has 0 saturated heterocycles. The average molecular weight is 241 g/mol. The van der Waals surface area contributed by atoms with Gasteiger partial charge in [-0.05, 0) is 18.8 Å². The number of nitrogens with one attached hydrogen (secondary N) is 1. The number of hydrogen-bond donors (Lipinski definition) is 3. The minimum Gasteiger partial charge on any atom is -0.409 e. The summed E-state index contributed by atoms with van der Waals surface area (Å²) in [5.74, 6) is 0.422. The van der Waals surface area contributed by atoms with Crippen molar-refractivity contribution in [3.8, 4) is 0 Å². The Morgan fingerprint density at radius 3 is 2.47 bits per heavy atom. The first kappa shape index (κ1) is 13.8. The fourth-order valence-electron chi connectivity index (χ4n) is 2.38. The third-order valence-electron chi connectivity index (χ3n) is 3.28. The van der Waals surface area contributed by atoms with Gasteiger partial charge in [0.1, 0.15) is 5.54 Å². The Morgan fingerprint density at radius 2 is 2.00 bits per heavy atom. The first-order valence-electron chi connectivity index (χ1n) is 6.29. The summed E-state index contributed by atoms with van der Waals surface area (Å²) >= 11 is 0. The molecule has 0 bridgehead atoms. The van der Waals surface area contributed by atoms with E-state index in [2.05, 4.69) is 10.5 Å². The van der Waals surface area contributed by atoms with Crippen molar-refractivity contribution in [1.29, 1.82) is 0 Å². The normalized spacial score (nSPS) is 20.3. The van der Waals surface area contributed by atoms with Gasteiger partial charge in [-0.3, -0.25) is 4.79 Å². The highest BCUT2D eigenvalue weighted by Gasteiger charge is 2.37. The van der Waals surface area contributed by atoms with Gasteiger partial charge in [0.25, 0.3) is 0 Å². The van der Waals surface area contributed by atoms with Crippen molar-refractivity contribution in [1.82, 2.24) is 5.32 Å². The molecule has 5 nitrogen and oxygen atoms in total. The smallest absolute Gasteiger partial charge is 0.221 e. The number of nitrogens with zero attached hydrogens (tertiary/aromatic N) is 1. The molecule has 1 aliphatic rings. The molecule has 1 saturated carbocycles. The number of amides is 1. The summed E-state index contributed by atoms with van der Waals surface area (Å²) < 4.78 is 0. The van der Waals surface area contributed by atoms with Crippen LogP contribution in [0.1, 0.15) is 52.4 Å². The summed E-state index contributed by atoms with van der Waals surface area (Å²) in [5.41, 5.74) is 5.12. The molecule has 17 heavy (non-hydrogen) atoms. The molecule has 1 fully saturated rings. The largest absolute Gasteiger partial charge is 0.409 e. The van der Waals surface area contributed by atoms with E-state index in [0.717, 1.165) is 32.1 Å². The second-order valence-electron chi connectivity index (χ2n) is 5.27. The highest BCUT2D eigenvalue weighted by molar-refractivity contribution is 5.94. The van der Waals surface area contributed by atoms with E-state index in [9.17, 15) is 4.79 Å². The second-order valence-corrected chi connectivity index (χ2v) is 5.27. The summed E-state index contributed by atoms with van der Waals surface area (Å²) in [7, 11) is 0. The third-order valence-corrected chi connectivity index (χ3v) is 3.28. The zero-order chi connectivity index (χ0) is 12.9. The number of amidine groups is 1. The highest BCUT2D eigenvalue weighted by atomic mass is 16.4. The predicted molar refractivity (Wildman–Crippen MR) is 66.8 cm³/mol. The van der Waals surface area contributed by atoms with Crippen molar-refractivity contribution in [3.05, 3.63) is 0 Å². The third kappa shape index (κ3) is 3.61. The lowest BCUT2D eigenvalue weighted by Crippen LogP contribution is -2.58. The minimum atomic E-state index is -0.626. The SMILES string of the molecule is CC(C)CC(=O)NC1(C(N)=NO)CCCCC1. The van der Waals surface area contributed by atoms with Crippen LogP contribution in [0.25, 0.3) is 0 Å². The van der Waals surface area contributed by atoms with Crippen LogP contribution in [0, 0.1) is 5.92 Å². The van der Waals surface area contributed by atoms with Gasteiger partial charge < -0.3 is 16.3 Å². The maximum Gasteiger partial charge on any atom is 0.221 e. The van der Waals surface area contributed by atoms with Crippen LogP contribution in [0.3, 0.4) is 0 Å². The maximum atomic E-state index is 11.8. The first-order valence-corrected chi connectivity index (χ1v) is 6.29. The predicted octanol–water partition coefficient (Wildman–Crippen LogP) is 1.60. The van der Waals surface area contributed by atoms with E-state index >= 15 is 0 Å². The van der Waals surface area contributed by atoms with Crippen LogP contribution in [0.15, 0.2) is 5.16 Å². The molecule has 1 amide bonds. The second kappa shape index (κ2) is 5.89. The van der Waals surface area contributed by atoms with Crippen LogP contribution < -0.4 is 11.1 Å². The van der Waals surface area contributed by atoms with Crippen LogP contribution in [0.5, 0.6) is 0 Å². The molecule has 1 aliphatic carbocycles. The number of hydrogen-bond acceptors (Lipinski definition) is 3. The van der Waals surface area contributed by atoms with E-state index in [1.165, 1.54) is 0 Å². The highest BCUT2D eigenvalue weighted by Crippen LogP contribution is 2.28. The van der Waals surface area contributed by atoms with Crippen molar-refractivity contribution < 1.29 is 10.0 Å². The van der Waals surface area contributed by atoms with Gasteiger partial charge in [-0.25, -0.2) is 0 Å². The van der Waals surface area contributed by atoms with E-state index in [4.69, 9.17) is 10.9 Å². The van der Waals surface area contributed by atoms with Crippen LogP contribution in [0.2, 0.25) is 0 Å². The van der Waals surface area contributed by atoms with Crippen molar-refractivity contribution in [2.75, 3.05) is 0 Å². The summed E-state index contributed by atoms with van der Waals surface area (Å²) in [4.78, 5) is 11.8. The minimum absolute atomic E-state index is 0.0199. The standard InChI is InChI=1S/C12H23N3O2/c1-9(2)8-10(16)14-12(11(13)15-17)6-4-3-5-7-12/h9,17H,3-8H2,1-2H3,(H2,13,15)(H,14,16).